The summed E-state index contributed by atoms with van der Waals surface area (Å²) in [7, 11) is -1.68. The van der Waals surface area contributed by atoms with Crippen LogP contribution in [0.15, 0.2) is 70.5 Å². The molecule has 30 heavy (non-hydrogen) atoms. The fourth-order valence-corrected chi connectivity index (χ4v) is 5.45. The highest BCUT2D eigenvalue weighted by molar-refractivity contribution is 7.91. The lowest BCUT2D eigenvalue weighted by Gasteiger charge is -2.34. The second-order valence-electron chi connectivity index (χ2n) is 7.59. The number of rotatable bonds is 4. The van der Waals surface area contributed by atoms with Gasteiger partial charge >= 0.3 is 0 Å². The highest BCUT2D eigenvalue weighted by Gasteiger charge is 2.29. The van der Waals surface area contributed by atoms with Crippen LogP contribution < -0.4 is 4.90 Å². The molecule has 3 aromatic rings. The topological polar surface area (TPSA) is 53.5 Å². The van der Waals surface area contributed by atoms with Crippen LogP contribution in [0.1, 0.15) is 5.56 Å². The van der Waals surface area contributed by atoms with Crippen molar-refractivity contribution < 1.29 is 8.42 Å². The van der Waals surface area contributed by atoms with Crippen molar-refractivity contribution in [2.75, 3.05) is 38.1 Å². The molecule has 4 rings (SSSR count). The Morgan fingerprint density at radius 1 is 0.933 bits per heavy atom. The van der Waals surface area contributed by atoms with Gasteiger partial charge in [-0.05, 0) is 49.9 Å². The third kappa shape index (κ3) is 4.08. The van der Waals surface area contributed by atoms with E-state index in [1.165, 1.54) is 0 Å². The van der Waals surface area contributed by atoms with E-state index in [2.05, 4.69) is 16.8 Å². The van der Waals surface area contributed by atoms with Crippen molar-refractivity contribution in [1.29, 1.82) is 0 Å². The van der Waals surface area contributed by atoms with Gasteiger partial charge in [0.1, 0.15) is 10.7 Å². The number of anilines is 1. The smallest absolute Gasteiger partial charge is 0.210 e. The average molecular weight is 442 g/mol. The molecule has 0 spiro atoms. The Bertz CT molecular complexity index is 1140. The van der Waals surface area contributed by atoms with Gasteiger partial charge in [0, 0.05) is 36.8 Å². The Balaban J connectivity index is 1.89. The maximum Gasteiger partial charge on any atom is 0.210 e. The summed E-state index contributed by atoms with van der Waals surface area (Å²) in [6.07, 6.45) is 0. The highest BCUT2D eigenvalue weighted by atomic mass is 35.5. The molecule has 0 bridgehead atoms. The molecule has 0 aliphatic carbocycles. The van der Waals surface area contributed by atoms with Crippen molar-refractivity contribution in [2.45, 2.75) is 16.7 Å². The first kappa shape index (κ1) is 20.8. The van der Waals surface area contributed by atoms with Gasteiger partial charge in [0.25, 0.3) is 0 Å². The summed E-state index contributed by atoms with van der Waals surface area (Å²) >= 11 is 5.97. The van der Waals surface area contributed by atoms with Gasteiger partial charge in [0.15, 0.2) is 0 Å². The molecule has 0 radical (unpaired) electrons. The van der Waals surface area contributed by atoms with Gasteiger partial charge in [-0.3, -0.25) is 0 Å². The molecule has 5 nitrogen and oxygen atoms in total. The number of hydrogen-bond acceptors (Lipinski definition) is 5. The van der Waals surface area contributed by atoms with E-state index in [0.29, 0.717) is 16.4 Å². The van der Waals surface area contributed by atoms with Crippen molar-refractivity contribution in [3.05, 3.63) is 71.2 Å². The summed E-state index contributed by atoms with van der Waals surface area (Å²) < 4.78 is 27.2. The number of aryl methyl sites for hydroxylation is 1. The van der Waals surface area contributed by atoms with E-state index in [4.69, 9.17) is 16.6 Å². The van der Waals surface area contributed by atoms with E-state index in [1.807, 2.05) is 43.3 Å². The first-order valence-corrected chi connectivity index (χ1v) is 11.7. The van der Waals surface area contributed by atoms with Crippen LogP contribution in [0.25, 0.3) is 11.3 Å². The van der Waals surface area contributed by atoms with Crippen LogP contribution >= 0.6 is 11.6 Å². The number of halogens is 1. The molecule has 1 aliphatic rings. The molecule has 0 amide bonds. The molecule has 0 saturated carbocycles. The number of hydrogen-bond donors (Lipinski definition) is 0. The van der Waals surface area contributed by atoms with E-state index in [0.717, 1.165) is 37.4 Å². The Morgan fingerprint density at radius 2 is 1.57 bits per heavy atom. The van der Waals surface area contributed by atoms with Crippen molar-refractivity contribution in [1.82, 2.24) is 9.88 Å². The van der Waals surface area contributed by atoms with E-state index in [-0.39, 0.29) is 9.79 Å². The SMILES string of the molecule is Cc1cc(-c2ccccc2)nc(N2CCN(C)CC2)c1S(=O)(=O)c1ccc(Cl)cc1. The minimum atomic E-state index is -3.76. The molecule has 1 saturated heterocycles. The minimum Gasteiger partial charge on any atom is -0.353 e. The zero-order valence-electron chi connectivity index (χ0n) is 17.0. The fourth-order valence-electron chi connectivity index (χ4n) is 3.70. The van der Waals surface area contributed by atoms with Gasteiger partial charge < -0.3 is 9.80 Å². The second-order valence-corrected chi connectivity index (χ2v) is 9.91. The summed E-state index contributed by atoms with van der Waals surface area (Å²) in [6, 6.07) is 18.0. The Morgan fingerprint density at radius 3 is 2.20 bits per heavy atom. The van der Waals surface area contributed by atoms with Crippen LogP contribution in [0.3, 0.4) is 0 Å². The van der Waals surface area contributed by atoms with Crippen molar-refractivity contribution >= 4 is 27.3 Å². The fraction of sp³-hybridized carbons (Fsp3) is 0.261. The number of pyridine rings is 1. The van der Waals surface area contributed by atoms with Gasteiger partial charge in [-0.25, -0.2) is 13.4 Å². The monoisotopic (exact) mass is 441 g/mol. The number of aromatic nitrogens is 1. The normalized spacial score (nSPS) is 15.4. The van der Waals surface area contributed by atoms with Crippen molar-refractivity contribution in [3.8, 4) is 11.3 Å². The van der Waals surface area contributed by atoms with Crippen LogP contribution in [0, 0.1) is 6.92 Å². The van der Waals surface area contributed by atoms with E-state index in [1.54, 1.807) is 24.3 Å². The highest BCUT2D eigenvalue weighted by Crippen LogP contribution is 2.35. The van der Waals surface area contributed by atoms with Crippen LogP contribution in [0.2, 0.25) is 5.02 Å². The summed E-state index contributed by atoms with van der Waals surface area (Å²) in [6.45, 7) is 5.01. The summed E-state index contributed by atoms with van der Waals surface area (Å²) in [5, 5.41) is 0.502. The minimum absolute atomic E-state index is 0.222. The molecular formula is C23H24ClN3O2S. The summed E-state index contributed by atoms with van der Waals surface area (Å²) in [4.78, 5) is 9.68. The van der Waals surface area contributed by atoms with E-state index < -0.39 is 9.84 Å². The molecule has 0 atom stereocenters. The number of piperazine rings is 1. The van der Waals surface area contributed by atoms with Gasteiger partial charge in [0.2, 0.25) is 9.84 Å². The van der Waals surface area contributed by atoms with Gasteiger partial charge in [-0.2, -0.15) is 0 Å². The van der Waals surface area contributed by atoms with Gasteiger partial charge in [0.05, 0.1) is 10.6 Å². The number of sulfone groups is 1. The van der Waals surface area contributed by atoms with E-state index >= 15 is 0 Å². The first-order valence-electron chi connectivity index (χ1n) is 9.87. The standard InChI is InChI=1S/C23H24ClN3O2S/c1-17-16-21(18-6-4-3-5-7-18)25-23(27-14-12-26(2)13-15-27)22(17)30(28,29)20-10-8-19(24)9-11-20/h3-11,16H,12-15H2,1-2H3. The van der Waals surface area contributed by atoms with Gasteiger partial charge in [-0.15, -0.1) is 0 Å². The van der Waals surface area contributed by atoms with Crippen LogP contribution in [0.4, 0.5) is 5.82 Å². The lowest BCUT2D eigenvalue weighted by molar-refractivity contribution is 0.311. The van der Waals surface area contributed by atoms with Crippen LogP contribution in [-0.2, 0) is 9.84 Å². The van der Waals surface area contributed by atoms with Crippen molar-refractivity contribution in [2.24, 2.45) is 0 Å². The molecule has 1 fully saturated rings. The maximum absolute atomic E-state index is 13.6. The number of likely N-dealkylation sites (N-methyl/N-ethyl adjacent to an activating group) is 1. The van der Waals surface area contributed by atoms with Crippen LogP contribution in [0.5, 0.6) is 0 Å². The molecule has 1 aliphatic heterocycles. The largest absolute Gasteiger partial charge is 0.353 e. The van der Waals surface area contributed by atoms with Crippen LogP contribution in [-0.4, -0.2) is 51.5 Å². The first-order chi connectivity index (χ1) is 14.4. The molecule has 156 valence electrons. The zero-order chi connectivity index (χ0) is 21.3. The Hall–Kier alpha value is -2.41. The zero-order valence-corrected chi connectivity index (χ0v) is 18.6. The molecule has 0 N–H and O–H groups in total. The predicted octanol–water partition coefficient (Wildman–Crippen LogP) is 4.30. The summed E-state index contributed by atoms with van der Waals surface area (Å²) in [5.41, 5.74) is 2.43. The molecule has 2 heterocycles. The molecule has 0 unspecified atom stereocenters. The molecule has 2 aromatic carbocycles. The molecular weight excluding hydrogens is 418 g/mol. The second kappa shape index (κ2) is 8.38. The lowest BCUT2D eigenvalue weighted by Crippen LogP contribution is -2.45. The quantitative estimate of drug-likeness (QED) is 0.604. The third-order valence-corrected chi connectivity index (χ3v) is 7.59. The summed E-state index contributed by atoms with van der Waals surface area (Å²) in [5.74, 6) is 0.525. The van der Waals surface area contributed by atoms with E-state index in [9.17, 15) is 8.42 Å². The lowest BCUT2D eigenvalue weighted by atomic mass is 10.1. The maximum atomic E-state index is 13.6. The number of nitrogens with zero attached hydrogens (tertiary/aromatic N) is 3. The van der Waals surface area contributed by atoms with Gasteiger partial charge in [-0.1, -0.05) is 41.9 Å². The number of benzene rings is 2. The Kier molecular flexibility index (Phi) is 5.82. The third-order valence-electron chi connectivity index (χ3n) is 5.41. The molecule has 7 heteroatoms. The Labute approximate surface area is 182 Å². The molecule has 1 aromatic heterocycles. The average Bonchev–Trinajstić information content (AvgIpc) is 2.74. The predicted molar refractivity (Wildman–Crippen MR) is 121 cm³/mol. The van der Waals surface area contributed by atoms with Crippen molar-refractivity contribution in [3.63, 3.8) is 0 Å².